The second-order valence-electron chi connectivity index (χ2n) is 2.65. The van der Waals surface area contributed by atoms with Gasteiger partial charge in [0.2, 0.25) is 5.91 Å². The van der Waals surface area contributed by atoms with Crippen molar-refractivity contribution in [3.05, 3.63) is 29.6 Å². The predicted molar refractivity (Wildman–Crippen MR) is 45.2 cm³/mol. The molecule has 76 valence electrons. The fraction of sp³-hybridized carbons (Fsp3) is 0.222. The second-order valence-corrected chi connectivity index (χ2v) is 2.65. The number of nitrogens with one attached hydrogen (secondary N) is 1. The van der Waals surface area contributed by atoms with Gasteiger partial charge in [-0.05, 0) is 0 Å². The predicted octanol–water partition coefficient (Wildman–Crippen LogP) is 2.45. The van der Waals surface area contributed by atoms with Gasteiger partial charge >= 0.3 is 0 Å². The summed E-state index contributed by atoms with van der Waals surface area (Å²) in [4.78, 5) is 10.8. The smallest absolute Gasteiger partial charge is 0.224 e. The van der Waals surface area contributed by atoms with Gasteiger partial charge in [0.15, 0.2) is 11.6 Å². The number of hydrogen-bond acceptors (Lipinski definition) is 1. The Labute approximate surface area is 78.7 Å². The monoisotopic (exact) mass is 203 g/mol. The van der Waals surface area contributed by atoms with Gasteiger partial charge in [0.05, 0.1) is 5.69 Å². The normalized spacial score (nSPS) is 10.0. The van der Waals surface area contributed by atoms with Gasteiger partial charge in [0.25, 0.3) is 0 Å². The molecule has 0 fully saturated rings. The highest BCUT2D eigenvalue weighted by Gasteiger charge is 2.12. The third-order valence-corrected chi connectivity index (χ3v) is 1.59. The number of carbonyl (C=O) groups is 1. The topological polar surface area (TPSA) is 29.1 Å². The highest BCUT2D eigenvalue weighted by Crippen LogP contribution is 2.19. The molecule has 0 aliphatic heterocycles. The summed E-state index contributed by atoms with van der Waals surface area (Å²) in [6, 6.07) is 1.14. The third-order valence-electron chi connectivity index (χ3n) is 1.59. The second kappa shape index (κ2) is 4.13. The van der Waals surface area contributed by atoms with E-state index in [1.807, 2.05) is 5.32 Å². The van der Waals surface area contributed by atoms with Crippen LogP contribution in [-0.4, -0.2) is 5.91 Å². The summed E-state index contributed by atoms with van der Waals surface area (Å²) < 4.78 is 38.2. The minimum Gasteiger partial charge on any atom is -0.323 e. The van der Waals surface area contributed by atoms with Crippen LogP contribution in [0.1, 0.15) is 13.3 Å². The van der Waals surface area contributed by atoms with Crippen molar-refractivity contribution in [3.63, 3.8) is 0 Å². The van der Waals surface area contributed by atoms with Gasteiger partial charge in [-0.1, -0.05) is 6.92 Å². The zero-order valence-electron chi connectivity index (χ0n) is 7.40. The van der Waals surface area contributed by atoms with Crippen LogP contribution in [0.3, 0.4) is 0 Å². The van der Waals surface area contributed by atoms with E-state index in [4.69, 9.17) is 0 Å². The standard InChI is InChI=1S/C9H8F3NO/c1-2-8(14)13-7-4-5(10)3-6(11)9(7)12/h3-4H,2H2,1H3,(H,13,14). The molecule has 5 heteroatoms. The van der Waals surface area contributed by atoms with E-state index in [9.17, 15) is 18.0 Å². The lowest BCUT2D eigenvalue weighted by Crippen LogP contribution is -2.11. The Bertz CT molecular complexity index is 365. The maximum Gasteiger partial charge on any atom is 0.224 e. The summed E-state index contributed by atoms with van der Waals surface area (Å²) in [6.45, 7) is 1.54. The molecule has 2 nitrogen and oxygen atoms in total. The molecular formula is C9H8F3NO. The zero-order valence-corrected chi connectivity index (χ0v) is 7.40. The van der Waals surface area contributed by atoms with E-state index in [-0.39, 0.29) is 6.42 Å². The van der Waals surface area contributed by atoms with E-state index in [0.717, 1.165) is 6.07 Å². The van der Waals surface area contributed by atoms with Crippen molar-refractivity contribution in [3.8, 4) is 0 Å². The van der Waals surface area contributed by atoms with Crippen LogP contribution >= 0.6 is 0 Å². The van der Waals surface area contributed by atoms with Crippen molar-refractivity contribution < 1.29 is 18.0 Å². The molecule has 0 atom stereocenters. The number of amides is 1. The molecule has 0 radical (unpaired) electrons. The van der Waals surface area contributed by atoms with Crippen molar-refractivity contribution in [2.75, 3.05) is 5.32 Å². The molecular weight excluding hydrogens is 195 g/mol. The number of benzene rings is 1. The number of anilines is 1. The van der Waals surface area contributed by atoms with Crippen LogP contribution in [0.5, 0.6) is 0 Å². The number of rotatable bonds is 2. The lowest BCUT2D eigenvalue weighted by Gasteiger charge is -2.05. The summed E-state index contributed by atoms with van der Waals surface area (Å²) in [5, 5.41) is 2.05. The average molecular weight is 203 g/mol. The number of halogens is 3. The first-order valence-electron chi connectivity index (χ1n) is 3.99. The van der Waals surface area contributed by atoms with Gasteiger partial charge in [-0.15, -0.1) is 0 Å². The maximum atomic E-state index is 12.9. The Morgan fingerprint density at radius 2 is 2.00 bits per heavy atom. The Morgan fingerprint density at radius 3 is 2.57 bits per heavy atom. The van der Waals surface area contributed by atoms with Crippen LogP contribution < -0.4 is 5.32 Å². The molecule has 0 saturated carbocycles. The van der Waals surface area contributed by atoms with Gasteiger partial charge in [0.1, 0.15) is 5.82 Å². The van der Waals surface area contributed by atoms with E-state index in [2.05, 4.69) is 0 Å². The molecule has 0 bridgehead atoms. The molecule has 1 rings (SSSR count). The minimum atomic E-state index is -1.32. The van der Waals surface area contributed by atoms with E-state index in [0.29, 0.717) is 6.07 Å². The average Bonchev–Trinajstić information content (AvgIpc) is 2.13. The summed E-state index contributed by atoms with van der Waals surface area (Å²) in [7, 11) is 0. The van der Waals surface area contributed by atoms with Crippen molar-refractivity contribution >= 4 is 11.6 Å². The Hall–Kier alpha value is -1.52. The summed E-state index contributed by atoms with van der Waals surface area (Å²) in [5.74, 6) is -4.02. The first kappa shape index (κ1) is 10.6. The van der Waals surface area contributed by atoms with Gasteiger partial charge in [-0.3, -0.25) is 4.79 Å². The Morgan fingerprint density at radius 1 is 1.36 bits per heavy atom. The van der Waals surface area contributed by atoms with Crippen LogP contribution in [-0.2, 0) is 4.79 Å². The molecule has 0 aliphatic carbocycles. The van der Waals surface area contributed by atoms with Crippen LogP contribution in [0.2, 0.25) is 0 Å². The first-order chi connectivity index (χ1) is 6.54. The van der Waals surface area contributed by atoms with Crippen LogP contribution in [0.25, 0.3) is 0 Å². The fourth-order valence-electron chi connectivity index (χ4n) is 0.886. The van der Waals surface area contributed by atoms with Crippen LogP contribution in [0.4, 0.5) is 18.9 Å². The molecule has 1 N–H and O–H groups in total. The molecule has 0 unspecified atom stereocenters. The van der Waals surface area contributed by atoms with E-state index in [1.54, 1.807) is 6.92 Å². The van der Waals surface area contributed by atoms with Crippen molar-refractivity contribution in [1.82, 2.24) is 0 Å². The van der Waals surface area contributed by atoms with E-state index < -0.39 is 29.0 Å². The maximum absolute atomic E-state index is 12.9. The Balaban J connectivity index is 3.02. The molecule has 0 aromatic heterocycles. The molecule has 0 saturated heterocycles. The third kappa shape index (κ3) is 2.25. The lowest BCUT2D eigenvalue weighted by molar-refractivity contribution is -0.115. The van der Waals surface area contributed by atoms with Crippen molar-refractivity contribution in [1.29, 1.82) is 0 Å². The summed E-state index contributed by atoms with van der Waals surface area (Å²) in [5.41, 5.74) is -0.477. The first-order valence-corrected chi connectivity index (χ1v) is 3.99. The molecule has 1 amide bonds. The van der Waals surface area contributed by atoms with Gasteiger partial charge in [0, 0.05) is 18.6 Å². The SMILES string of the molecule is CCC(=O)Nc1cc(F)cc(F)c1F. The quantitative estimate of drug-likeness (QED) is 0.735. The minimum absolute atomic E-state index is 0.109. The highest BCUT2D eigenvalue weighted by molar-refractivity contribution is 5.90. The molecule has 0 heterocycles. The van der Waals surface area contributed by atoms with Gasteiger partial charge in [-0.2, -0.15) is 0 Å². The fourth-order valence-corrected chi connectivity index (χ4v) is 0.886. The Kier molecular flexibility index (Phi) is 3.11. The van der Waals surface area contributed by atoms with Gasteiger partial charge < -0.3 is 5.32 Å². The number of carbonyl (C=O) groups excluding carboxylic acids is 1. The molecule has 14 heavy (non-hydrogen) atoms. The molecule has 0 spiro atoms. The van der Waals surface area contributed by atoms with E-state index in [1.165, 1.54) is 0 Å². The number of hydrogen-bond donors (Lipinski definition) is 1. The molecule has 1 aromatic carbocycles. The molecule has 1 aromatic rings. The summed E-state index contributed by atoms with van der Waals surface area (Å²) >= 11 is 0. The van der Waals surface area contributed by atoms with Crippen LogP contribution in [0.15, 0.2) is 12.1 Å². The van der Waals surface area contributed by atoms with Gasteiger partial charge in [-0.25, -0.2) is 13.2 Å². The lowest BCUT2D eigenvalue weighted by atomic mass is 10.2. The molecule has 0 aliphatic rings. The van der Waals surface area contributed by atoms with Crippen molar-refractivity contribution in [2.45, 2.75) is 13.3 Å². The summed E-state index contributed by atoms with van der Waals surface area (Å²) in [6.07, 6.45) is 0.109. The van der Waals surface area contributed by atoms with E-state index >= 15 is 0 Å². The largest absolute Gasteiger partial charge is 0.323 e. The van der Waals surface area contributed by atoms with Crippen molar-refractivity contribution in [2.24, 2.45) is 0 Å². The highest BCUT2D eigenvalue weighted by atomic mass is 19.2. The van der Waals surface area contributed by atoms with Crippen LogP contribution in [0, 0.1) is 17.5 Å². The zero-order chi connectivity index (χ0) is 10.7.